The van der Waals surface area contributed by atoms with Gasteiger partial charge in [0.1, 0.15) is 0 Å². The molecule has 1 unspecified atom stereocenters. The summed E-state index contributed by atoms with van der Waals surface area (Å²) >= 11 is 0. The number of nitrogens with zero attached hydrogens (tertiary/aromatic N) is 2. The molecule has 1 atom stereocenters. The van der Waals surface area contributed by atoms with Gasteiger partial charge in [-0.25, -0.2) is 0 Å². The van der Waals surface area contributed by atoms with E-state index in [1.54, 1.807) is 0 Å². The minimum Gasteiger partial charge on any atom is -0.388 e. The second-order valence-electron chi connectivity index (χ2n) is 4.53. The second-order valence-corrected chi connectivity index (χ2v) is 4.53. The summed E-state index contributed by atoms with van der Waals surface area (Å²) in [5.74, 6) is 0.177. The van der Waals surface area contributed by atoms with Crippen LogP contribution in [-0.2, 0) is 0 Å². The van der Waals surface area contributed by atoms with E-state index in [4.69, 9.17) is 11.1 Å². The standard InChI is InChI=1S/C14H18N4/c1-10-8-11(2)18(17-10)13(9-14(15)16)12-6-4-3-5-7-12/h3-8,13H,9H2,1-2H3,(H3,15,16). The first-order valence-electron chi connectivity index (χ1n) is 5.98. The van der Waals surface area contributed by atoms with E-state index in [1.807, 2.05) is 54.9 Å². The Bertz CT molecular complexity index is 542. The SMILES string of the molecule is Cc1cc(C)n(C(CC(=N)N)c2ccccc2)n1. The van der Waals surface area contributed by atoms with Crippen molar-refractivity contribution in [3.8, 4) is 0 Å². The van der Waals surface area contributed by atoms with Crippen LogP contribution in [0.2, 0.25) is 0 Å². The number of aryl methyl sites for hydroxylation is 2. The summed E-state index contributed by atoms with van der Waals surface area (Å²) in [6.07, 6.45) is 0.478. The Balaban J connectivity index is 2.43. The maximum Gasteiger partial charge on any atom is 0.0930 e. The van der Waals surface area contributed by atoms with Crippen LogP contribution in [-0.4, -0.2) is 15.6 Å². The third kappa shape index (κ3) is 2.59. The van der Waals surface area contributed by atoms with Crippen molar-refractivity contribution in [3.05, 3.63) is 53.3 Å². The molecule has 0 spiro atoms. The number of aromatic nitrogens is 2. The van der Waals surface area contributed by atoms with Crippen molar-refractivity contribution >= 4 is 5.84 Å². The predicted octanol–water partition coefficient (Wildman–Crippen LogP) is 2.42. The lowest BCUT2D eigenvalue weighted by Gasteiger charge is -2.19. The monoisotopic (exact) mass is 242 g/mol. The zero-order chi connectivity index (χ0) is 13.1. The van der Waals surface area contributed by atoms with Crippen LogP contribution >= 0.6 is 0 Å². The van der Waals surface area contributed by atoms with E-state index < -0.39 is 0 Å². The number of hydrogen-bond acceptors (Lipinski definition) is 2. The summed E-state index contributed by atoms with van der Waals surface area (Å²) in [7, 11) is 0. The topological polar surface area (TPSA) is 67.7 Å². The normalized spacial score (nSPS) is 12.3. The Labute approximate surface area is 107 Å². The van der Waals surface area contributed by atoms with Gasteiger partial charge in [-0.05, 0) is 25.5 Å². The van der Waals surface area contributed by atoms with Gasteiger partial charge in [0.2, 0.25) is 0 Å². The number of hydrogen-bond donors (Lipinski definition) is 2. The summed E-state index contributed by atoms with van der Waals surface area (Å²) in [6.45, 7) is 4.00. The van der Waals surface area contributed by atoms with Crippen LogP contribution in [0, 0.1) is 19.3 Å². The van der Waals surface area contributed by atoms with Gasteiger partial charge in [0.15, 0.2) is 0 Å². The van der Waals surface area contributed by atoms with Crippen molar-refractivity contribution in [2.24, 2.45) is 5.73 Å². The summed E-state index contributed by atoms with van der Waals surface area (Å²) in [6, 6.07) is 12.1. The predicted molar refractivity (Wildman–Crippen MR) is 72.8 cm³/mol. The summed E-state index contributed by atoms with van der Waals surface area (Å²) in [5.41, 5.74) is 8.76. The summed E-state index contributed by atoms with van der Waals surface area (Å²) in [5, 5.41) is 12.0. The number of nitrogens with two attached hydrogens (primary N) is 1. The Hall–Kier alpha value is -2.10. The van der Waals surface area contributed by atoms with Gasteiger partial charge in [0.25, 0.3) is 0 Å². The van der Waals surface area contributed by atoms with Crippen molar-refractivity contribution in [3.63, 3.8) is 0 Å². The maximum absolute atomic E-state index is 7.54. The highest BCUT2D eigenvalue weighted by molar-refractivity contribution is 5.77. The van der Waals surface area contributed by atoms with Crippen molar-refractivity contribution in [2.75, 3.05) is 0 Å². The molecule has 0 aliphatic carbocycles. The van der Waals surface area contributed by atoms with E-state index in [2.05, 4.69) is 5.10 Å². The molecule has 4 heteroatoms. The molecule has 18 heavy (non-hydrogen) atoms. The average Bonchev–Trinajstić information content (AvgIpc) is 2.66. The molecule has 2 rings (SSSR count). The zero-order valence-electron chi connectivity index (χ0n) is 10.7. The third-order valence-corrected chi connectivity index (χ3v) is 2.94. The van der Waals surface area contributed by atoms with Crippen LogP contribution in [0.3, 0.4) is 0 Å². The number of amidine groups is 1. The van der Waals surface area contributed by atoms with E-state index >= 15 is 0 Å². The molecule has 0 saturated carbocycles. The van der Waals surface area contributed by atoms with Gasteiger partial charge in [0, 0.05) is 12.1 Å². The van der Waals surface area contributed by atoms with Gasteiger partial charge in [0.05, 0.1) is 17.6 Å². The molecular formula is C14H18N4. The molecular weight excluding hydrogens is 224 g/mol. The molecule has 0 aliphatic rings. The lowest BCUT2D eigenvalue weighted by Crippen LogP contribution is -2.21. The minimum absolute atomic E-state index is 0.00241. The highest BCUT2D eigenvalue weighted by Gasteiger charge is 2.17. The van der Waals surface area contributed by atoms with Crippen LogP contribution in [0.25, 0.3) is 0 Å². The van der Waals surface area contributed by atoms with Crippen LogP contribution in [0.15, 0.2) is 36.4 Å². The Morgan fingerprint density at radius 3 is 2.50 bits per heavy atom. The maximum atomic E-state index is 7.54. The average molecular weight is 242 g/mol. The van der Waals surface area contributed by atoms with Gasteiger partial charge < -0.3 is 5.73 Å². The van der Waals surface area contributed by atoms with Gasteiger partial charge in [-0.15, -0.1) is 0 Å². The Kier molecular flexibility index (Phi) is 3.46. The highest BCUT2D eigenvalue weighted by atomic mass is 15.3. The number of rotatable bonds is 4. The number of nitrogens with one attached hydrogen (secondary N) is 1. The molecule has 1 aromatic carbocycles. The van der Waals surface area contributed by atoms with E-state index in [0.717, 1.165) is 17.0 Å². The molecule has 0 amide bonds. The fourth-order valence-corrected chi connectivity index (χ4v) is 2.19. The molecule has 0 aliphatic heterocycles. The first-order valence-corrected chi connectivity index (χ1v) is 5.98. The fraction of sp³-hybridized carbons (Fsp3) is 0.286. The quantitative estimate of drug-likeness (QED) is 0.638. The summed E-state index contributed by atoms with van der Waals surface area (Å²) in [4.78, 5) is 0. The Morgan fingerprint density at radius 2 is 2.00 bits per heavy atom. The molecule has 0 bridgehead atoms. The molecule has 2 aromatic rings. The van der Waals surface area contributed by atoms with E-state index in [0.29, 0.717) is 6.42 Å². The van der Waals surface area contributed by atoms with Crippen LogP contribution in [0.5, 0.6) is 0 Å². The van der Waals surface area contributed by atoms with Crippen molar-refractivity contribution in [2.45, 2.75) is 26.3 Å². The van der Waals surface area contributed by atoms with Crippen LogP contribution < -0.4 is 5.73 Å². The molecule has 0 saturated heterocycles. The van der Waals surface area contributed by atoms with Gasteiger partial charge in [-0.1, -0.05) is 30.3 Å². The van der Waals surface area contributed by atoms with Gasteiger partial charge in [-0.3, -0.25) is 10.1 Å². The number of benzene rings is 1. The summed E-state index contributed by atoms with van der Waals surface area (Å²) < 4.78 is 1.95. The molecule has 94 valence electrons. The molecule has 1 aromatic heterocycles. The molecule has 0 fully saturated rings. The molecule has 3 N–H and O–H groups in total. The lowest BCUT2D eigenvalue weighted by atomic mass is 10.0. The first kappa shape index (κ1) is 12.4. The van der Waals surface area contributed by atoms with E-state index in [9.17, 15) is 0 Å². The lowest BCUT2D eigenvalue weighted by molar-refractivity contribution is 0.521. The van der Waals surface area contributed by atoms with Crippen molar-refractivity contribution < 1.29 is 0 Å². The zero-order valence-corrected chi connectivity index (χ0v) is 10.7. The second kappa shape index (κ2) is 5.04. The van der Waals surface area contributed by atoms with E-state index in [-0.39, 0.29) is 11.9 Å². The first-order chi connectivity index (χ1) is 8.58. The largest absolute Gasteiger partial charge is 0.388 e. The molecule has 1 heterocycles. The highest BCUT2D eigenvalue weighted by Crippen LogP contribution is 2.23. The van der Waals surface area contributed by atoms with Crippen molar-refractivity contribution in [1.82, 2.24) is 9.78 Å². The van der Waals surface area contributed by atoms with Crippen molar-refractivity contribution in [1.29, 1.82) is 5.41 Å². The molecule has 4 nitrogen and oxygen atoms in total. The van der Waals surface area contributed by atoms with Gasteiger partial charge in [-0.2, -0.15) is 5.10 Å². The van der Waals surface area contributed by atoms with Crippen LogP contribution in [0.1, 0.15) is 29.4 Å². The molecule has 0 radical (unpaired) electrons. The van der Waals surface area contributed by atoms with Crippen LogP contribution in [0.4, 0.5) is 0 Å². The third-order valence-electron chi connectivity index (χ3n) is 2.94. The smallest absolute Gasteiger partial charge is 0.0930 e. The minimum atomic E-state index is -0.00241. The van der Waals surface area contributed by atoms with E-state index in [1.165, 1.54) is 0 Å². The Morgan fingerprint density at radius 1 is 1.33 bits per heavy atom. The fourth-order valence-electron chi connectivity index (χ4n) is 2.19. The van der Waals surface area contributed by atoms with Gasteiger partial charge >= 0.3 is 0 Å².